The third-order valence-corrected chi connectivity index (χ3v) is 4.01. The van der Waals surface area contributed by atoms with Crippen LogP contribution in [0.25, 0.3) is 21.9 Å². The summed E-state index contributed by atoms with van der Waals surface area (Å²) in [4.78, 5) is 4.13. The molecule has 1 aromatic heterocycles. The Morgan fingerprint density at radius 1 is 1.14 bits per heavy atom. The summed E-state index contributed by atoms with van der Waals surface area (Å²) in [5.74, 6) is -0.764. The third-order valence-electron chi connectivity index (χ3n) is 4.01. The molecule has 0 aliphatic heterocycles. The number of hydrogen-bond acceptors (Lipinski definition) is 6. The second-order valence-corrected chi connectivity index (χ2v) is 6.00. The fourth-order valence-electron chi connectivity index (χ4n) is 2.79. The molecular formula is C20H15F3N2O4. The predicted octanol–water partition coefficient (Wildman–Crippen LogP) is 3.25. The van der Waals surface area contributed by atoms with Crippen molar-refractivity contribution >= 4 is 10.8 Å². The SMILES string of the molecule is N#Cc1nc(OC[C@@H](O)CO)c2ccc(OC(F)F)cc2c1-c1cccc(F)c1. The minimum Gasteiger partial charge on any atom is -0.474 e. The number of hydrogen-bond donors (Lipinski definition) is 2. The molecule has 2 aromatic carbocycles. The number of ether oxygens (including phenoxy) is 2. The first-order chi connectivity index (χ1) is 13.9. The van der Waals surface area contributed by atoms with E-state index in [-0.39, 0.29) is 34.9 Å². The lowest BCUT2D eigenvalue weighted by atomic mass is 9.97. The Hall–Kier alpha value is -3.35. The molecule has 0 amide bonds. The van der Waals surface area contributed by atoms with Crippen molar-refractivity contribution in [3.63, 3.8) is 0 Å². The lowest BCUT2D eigenvalue weighted by Gasteiger charge is -2.16. The first-order valence-corrected chi connectivity index (χ1v) is 8.43. The van der Waals surface area contributed by atoms with Crippen LogP contribution in [0.3, 0.4) is 0 Å². The molecule has 3 rings (SSSR count). The number of benzene rings is 2. The maximum absolute atomic E-state index is 13.8. The van der Waals surface area contributed by atoms with E-state index in [0.717, 1.165) is 0 Å². The topological polar surface area (TPSA) is 95.6 Å². The second-order valence-electron chi connectivity index (χ2n) is 6.00. The Labute approximate surface area is 163 Å². The van der Waals surface area contributed by atoms with Crippen LogP contribution in [-0.2, 0) is 0 Å². The highest BCUT2D eigenvalue weighted by atomic mass is 19.3. The Kier molecular flexibility index (Phi) is 6.16. The van der Waals surface area contributed by atoms with Crippen LogP contribution in [0.15, 0.2) is 42.5 Å². The molecule has 0 spiro atoms. The summed E-state index contributed by atoms with van der Waals surface area (Å²) in [6.45, 7) is -3.91. The van der Waals surface area contributed by atoms with Gasteiger partial charge in [0, 0.05) is 16.3 Å². The van der Waals surface area contributed by atoms with Crippen LogP contribution in [0.2, 0.25) is 0 Å². The molecule has 0 bridgehead atoms. The number of fused-ring (bicyclic) bond motifs is 1. The fourth-order valence-corrected chi connectivity index (χ4v) is 2.79. The van der Waals surface area contributed by atoms with E-state index in [2.05, 4.69) is 9.72 Å². The van der Waals surface area contributed by atoms with Crippen LogP contribution in [0.5, 0.6) is 11.6 Å². The number of rotatable bonds is 7. The second kappa shape index (κ2) is 8.77. The van der Waals surface area contributed by atoms with Gasteiger partial charge in [0.2, 0.25) is 5.88 Å². The monoisotopic (exact) mass is 404 g/mol. The highest BCUT2D eigenvalue weighted by molar-refractivity contribution is 6.01. The molecule has 0 saturated carbocycles. The molecule has 0 saturated heterocycles. The van der Waals surface area contributed by atoms with Gasteiger partial charge < -0.3 is 19.7 Å². The molecule has 0 aliphatic rings. The van der Waals surface area contributed by atoms with Gasteiger partial charge in [0.25, 0.3) is 0 Å². The predicted molar refractivity (Wildman–Crippen MR) is 97.1 cm³/mol. The van der Waals surface area contributed by atoms with Gasteiger partial charge in [-0.15, -0.1) is 0 Å². The smallest absolute Gasteiger partial charge is 0.387 e. The van der Waals surface area contributed by atoms with Crippen LogP contribution in [-0.4, -0.2) is 41.1 Å². The number of aromatic nitrogens is 1. The number of nitrogens with zero attached hydrogens (tertiary/aromatic N) is 2. The molecule has 150 valence electrons. The van der Waals surface area contributed by atoms with Crippen molar-refractivity contribution in [1.29, 1.82) is 5.26 Å². The summed E-state index contributed by atoms with van der Waals surface area (Å²) in [5.41, 5.74) is 0.401. The van der Waals surface area contributed by atoms with Gasteiger partial charge in [0.05, 0.1) is 6.61 Å². The molecule has 3 aromatic rings. The van der Waals surface area contributed by atoms with Crippen LogP contribution in [0.4, 0.5) is 13.2 Å². The average Bonchev–Trinajstić information content (AvgIpc) is 2.70. The van der Waals surface area contributed by atoms with E-state index >= 15 is 0 Å². The maximum atomic E-state index is 13.8. The van der Waals surface area contributed by atoms with Crippen LogP contribution in [0.1, 0.15) is 5.69 Å². The summed E-state index contributed by atoms with van der Waals surface area (Å²) in [6, 6.07) is 11.3. The van der Waals surface area contributed by atoms with E-state index in [1.54, 1.807) is 6.07 Å². The van der Waals surface area contributed by atoms with Gasteiger partial charge in [-0.1, -0.05) is 12.1 Å². The largest absolute Gasteiger partial charge is 0.474 e. The molecule has 2 N–H and O–H groups in total. The quantitative estimate of drug-likeness (QED) is 0.628. The number of aliphatic hydroxyl groups excluding tert-OH is 2. The number of nitriles is 1. The Morgan fingerprint density at radius 3 is 2.59 bits per heavy atom. The van der Waals surface area contributed by atoms with Crippen molar-refractivity contribution in [2.45, 2.75) is 12.7 Å². The van der Waals surface area contributed by atoms with E-state index in [1.807, 2.05) is 6.07 Å². The highest BCUT2D eigenvalue weighted by Gasteiger charge is 2.19. The van der Waals surface area contributed by atoms with Crippen LogP contribution in [0, 0.1) is 17.1 Å². The van der Waals surface area contributed by atoms with E-state index in [0.29, 0.717) is 10.9 Å². The zero-order chi connectivity index (χ0) is 21.0. The van der Waals surface area contributed by atoms with Crippen molar-refractivity contribution < 1.29 is 32.9 Å². The van der Waals surface area contributed by atoms with E-state index in [1.165, 1.54) is 36.4 Å². The van der Waals surface area contributed by atoms with E-state index in [9.17, 15) is 23.5 Å². The van der Waals surface area contributed by atoms with Crippen molar-refractivity contribution in [2.75, 3.05) is 13.2 Å². The summed E-state index contributed by atoms with van der Waals surface area (Å²) < 4.78 is 48.9. The number of alkyl halides is 2. The van der Waals surface area contributed by atoms with Gasteiger partial charge in [0.15, 0.2) is 5.69 Å². The van der Waals surface area contributed by atoms with Gasteiger partial charge in [-0.25, -0.2) is 9.37 Å². The maximum Gasteiger partial charge on any atom is 0.387 e. The first-order valence-electron chi connectivity index (χ1n) is 8.43. The van der Waals surface area contributed by atoms with Crippen LogP contribution < -0.4 is 9.47 Å². The van der Waals surface area contributed by atoms with Crippen molar-refractivity contribution in [1.82, 2.24) is 4.98 Å². The molecule has 9 heteroatoms. The fraction of sp³-hybridized carbons (Fsp3) is 0.200. The van der Waals surface area contributed by atoms with Crippen molar-refractivity contribution in [2.24, 2.45) is 0 Å². The minimum atomic E-state index is -3.06. The van der Waals surface area contributed by atoms with Gasteiger partial charge >= 0.3 is 6.61 Å². The van der Waals surface area contributed by atoms with Crippen LogP contribution >= 0.6 is 0 Å². The Balaban J connectivity index is 2.25. The van der Waals surface area contributed by atoms with E-state index < -0.39 is 25.1 Å². The normalized spacial score (nSPS) is 12.0. The molecule has 1 heterocycles. The molecule has 29 heavy (non-hydrogen) atoms. The Morgan fingerprint density at radius 2 is 1.93 bits per heavy atom. The third kappa shape index (κ3) is 4.56. The average molecular weight is 404 g/mol. The Bertz CT molecular complexity index is 1070. The standard InChI is InChI=1S/C20H15F3N2O4/c21-12-3-1-2-11(6-12)18-16-7-14(29-20(22)23)4-5-15(16)19(25-17(18)8-24)28-10-13(27)9-26/h1-7,13,20,26-27H,9-10H2/t13-/m0/s1. The zero-order valence-electron chi connectivity index (χ0n) is 14.8. The minimum absolute atomic E-state index is 0.0483. The zero-order valence-corrected chi connectivity index (χ0v) is 14.8. The van der Waals surface area contributed by atoms with Gasteiger partial charge in [-0.05, 0) is 35.9 Å². The lowest BCUT2D eigenvalue weighted by molar-refractivity contribution is -0.0497. The lowest BCUT2D eigenvalue weighted by Crippen LogP contribution is -2.21. The van der Waals surface area contributed by atoms with Gasteiger partial charge in [-0.3, -0.25) is 0 Å². The van der Waals surface area contributed by atoms with Crippen molar-refractivity contribution in [3.05, 3.63) is 54.0 Å². The highest BCUT2D eigenvalue weighted by Crippen LogP contribution is 2.38. The molecular weight excluding hydrogens is 389 g/mol. The van der Waals surface area contributed by atoms with Crippen molar-refractivity contribution in [3.8, 4) is 28.8 Å². The first kappa shape index (κ1) is 20.4. The molecule has 0 aliphatic carbocycles. The number of aliphatic hydroxyl groups is 2. The van der Waals surface area contributed by atoms with Gasteiger partial charge in [-0.2, -0.15) is 14.0 Å². The van der Waals surface area contributed by atoms with E-state index in [4.69, 9.17) is 9.84 Å². The molecule has 0 unspecified atom stereocenters. The summed E-state index contributed by atoms with van der Waals surface area (Å²) in [5, 5.41) is 28.6. The summed E-state index contributed by atoms with van der Waals surface area (Å²) in [6.07, 6.45) is -1.18. The molecule has 0 fully saturated rings. The van der Waals surface area contributed by atoms with Gasteiger partial charge in [0.1, 0.15) is 30.3 Å². The summed E-state index contributed by atoms with van der Waals surface area (Å²) >= 11 is 0. The number of pyridine rings is 1. The molecule has 6 nitrogen and oxygen atoms in total. The molecule has 0 radical (unpaired) electrons. The summed E-state index contributed by atoms with van der Waals surface area (Å²) in [7, 11) is 0. The number of halogens is 3. The molecule has 1 atom stereocenters.